The molecule has 0 bridgehead atoms. The van der Waals surface area contributed by atoms with E-state index in [4.69, 9.17) is 10.5 Å². The monoisotopic (exact) mass is 278 g/mol. The second-order valence-corrected chi connectivity index (χ2v) is 5.82. The lowest BCUT2D eigenvalue weighted by Gasteiger charge is -2.07. The van der Waals surface area contributed by atoms with Crippen LogP contribution in [0, 0.1) is 0 Å². The Morgan fingerprint density at radius 1 is 1.11 bits per heavy atom. The van der Waals surface area contributed by atoms with Gasteiger partial charge in [0.05, 0.1) is 12.3 Å². The molecule has 0 atom stereocenters. The molecule has 2 N–H and O–H groups in total. The molecular weight excluding hydrogens is 264 g/mol. The summed E-state index contributed by atoms with van der Waals surface area (Å²) in [5, 5.41) is -0.136. The van der Waals surface area contributed by atoms with Crippen LogP contribution in [-0.4, -0.2) is 19.3 Å². The van der Waals surface area contributed by atoms with Crippen LogP contribution in [0.3, 0.4) is 0 Å². The van der Waals surface area contributed by atoms with Gasteiger partial charge in [-0.25, -0.2) is 13.4 Å². The maximum Gasteiger partial charge on any atom is 0.221 e. The van der Waals surface area contributed by atoms with Crippen molar-refractivity contribution in [3.63, 3.8) is 0 Å². The summed E-state index contributed by atoms with van der Waals surface area (Å²) in [6, 6.07) is 12.4. The molecule has 1 heterocycles. The number of anilines is 1. The molecule has 2 rings (SSSR count). The third-order valence-electron chi connectivity index (χ3n) is 2.45. The van der Waals surface area contributed by atoms with E-state index in [0.717, 1.165) is 5.56 Å². The Hall–Kier alpha value is -1.92. The summed E-state index contributed by atoms with van der Waals surface area (Å²) >= 11 is 0. The second-order valence-electron chi connectivity index (χ2n) is 3.96. The standard InChI is InChI=1S/C13H14N2O3S/c14-12-7-4-8-15-13(12)19(16,17)10-18-9-11-5-2-1-3-6-11/h1-8H,9-10,14H2. The van der Waals surface area contributed by atoms with Crippen molar-refractivity contribution in [1.29, 1.82) is 0 Å². The quantitative estimate of drug-likeness (QED) is 0.898. The summed E-state index contributed by atoms with van der Waals surface area (Å²) in [6.45, 7) is 0.229. The van der Waals surface area contributed by atoms with Gasteiger partial charge in [0.2, 0.25) is 9.84 Å². The number of nitrogens with two attached hydrogens (primary N) is 1. The van der Waals surface area contributed by atoms with Crippen LogP contribution in [-0.2, 0) is 21.2 Å². The SMILES string of the molecule is Nc1cccnc1S(=O)(=O)COCc1ccccc1. The molecule has 0 saturated heterocycles. The van der Waals surface area contributed by atoms with Crippen LogP contribution in [0.1, 0.15) is 5.56 Å². The van der Waals surface area contributed by atoms with E-state index in [1.54, 1.807) is 6.07 Å². The number of ether oxygens (including phenoxy) is 1. The number of benzene rings is 1. The van der Waals surface area contributed by atoms with Crippen molar-refractivity contribution in [2.24, 2.45) is 0 Å². The van der Waals surface area contributed by atoms with Gasteiger partial charge in [-0.15, -0.1) is 0 Å². The maximum atomic E-state index is 12.0. The van der Waals surface area contributed by atoms with Crippen molar-refractivity contribution < 1.29 is 13.2 Å². The number of sulfone groups is 1. The third-order valence-corrected chi connectivity index (χ3v) is 3.85. The Morgan fingerprint density at radius 3 is 2.53 bits per heavy atom. The number of nitrogens with zero attached hydrogens (tertiary/aromatic N) is 1. The summed E-state index contributed by atoms with van der Waals surface area (Å²) in [6.07, 6.45) is 1.39. The van der Waals surface area contributed by atoms with Gasteiger partial charge in [-0.2, -0.15) is 0 Å². The van der Waals surface area contributed by atoms with Crippen LogP contribution in [0.5, 0.6) is 0 Å². The summed E-state index contributed by atoms with van der Waals surface area (Å²) < 4.78 is 29.2. The molecule has 0 radical (unpaired) electrons. The first-order chi connectivity index (χ1) is 9.09. The topological polar surface area (TPSA) is 82.3 Å². The van der Waals surface area contributed by atoms with Gasteiger partial charge in [-0.05, 0) is 17.7 Å². The van der Waals surface area contributed by atoms with Gasteiger partial charge in [-0.3, -0.25) is 0 Å². The number of pyridine rings is 1. The van der Waals surface area contributed by atoms with Gasteiger partial charge in [0.1, 0.15) is 0 Å². The minimum Gasteiger partial charge on any atom is -0.396 e. The Kier molecular flexibility index (Phi) is 4.13. The van der Waals surface area contributed by atoms with Gasteiger partial charge in [0, 0.05) is 6.20 Å². The van der Waals surface area contributed by atoms with E-state index >= 15 is 0 Å². The first-order valence-corrected chi connectivity index (χ1v) is 7.30. The molecule has 0 saturated carbocycles. The fraction of sp³-hybridized carbons (Fsp3) is 0.154. The highest BCUT2D eigenvalue weighted by molar-refractivity contribution is 7.91. The van der Waals surface area contributed by atoms with Crippen molar-refractivity contribution in [2.75, 3.05) is 11.7 Å². The van der Waals surface area contributed by atoms with Crippen LogP contribution in [0.4, 0.5) is 5.69 Å². The second kappa shape index (κ2) is 5.81. The largest absolute Gasteiger partial charge is 0.396 e. The molecule has 19 heavy (non-hydrogen) atoms. The van der Waals surface area contributed by atoms with E-state index in [1.165, 1.54) is 12.3 Å². The van der Waals surface area contributed by atoms with Crippen molar-refractivity contribution in [1.82, 2.24) is 4.98 Å². The van der Waals surface area contributed by atoms with Crippen LogP contribution >= 0.6 is 0 Å². The molecule has 2 aromatic rings. The fourth-order valence-electron chi connectivity index (χ4n) is 1.56. The molecule has 0 aliphatic heterocycles. The normalized spacial score (nSPS) is 11.4. The predicted molar refractivity (Wildman–Crippen MR) is 71.9 cm³/mol. The zero-order chi connectivity index (χ0) is 13.7. The van der Waals surface area contributed by atoms with E-state index in [-0.39, 0.29) is 17.3 Å². The lowest BCUT2D eigenvalue weighted by atomic mass is 10.2. The van der Waals surface area contributed by atoms with Crippen LogP contribution in [0.2, 0.25) is 0 Å². The van der Waals surface area contributed by atoms with E-state index < -0.39 is 15.8 Å². The van der Waals surface area contributed by atoms with E-state index in [2.05, 4.69) is 4.98 Å². The number of aromatic nitrogens is 1. The molecule has 0 spiro atoms. The maximum absolute atomic E-state index is 12.0. The van der Waals surface area contributed by atoms with Gasteiger partial charge < -0.3 is 10.5 Å². The summed E-state index contributed by atoms with van der Waals surface area (Å²) in [5.41, 5.74) is 6.63. The minimum atomic E-state index is -3.62. The minimum absolute atomic E-state index is 0.130. The molecular formula is C13H14N2O3S. The summed E-state index contributed by atoms with van der Waals surface area (Å²) in [7, 11) is -3.62. The Bertz CT molecular complexity index is 642. The van der Waals surface area contributed by atoms with E-state index in [0.29, 0.717) is 0 Å². The van der Waals surface area contributed by atoms with Crippen LogP contribution in [0.25, 0.3) is 0 Å². The van der Waals surface area contributed by atoms with Gasteiger partial charge in [-0.1, -0.05) is 30.3 Å². The molecule has 1 aromatic heterocycles. The fourth-order valence-corrected chi connectivity index (χ4v) is 2.63. The predicted octanol–water partition coefficient (Wildman–Crippen LogP) is 1.61. The summed E-state index contributed by atoms with van der Waals surface area (Å²) in [4.78, 5) is 3.78. The summed E-state index contributed by atoms with van der Waals surface area (Å²) in [5.74, 6) is -0.441. The number of rotatable bonds is 5. The van der Waals surface area contributed by atoms with Crippen molar-refractivity contribution in [3.05, 3.63) is 54.2 Å². The number of hydrogen-bond acceptors (Lipinski definition) is 5. The Morgan fingerprint density at radius 2 is 1.84 bits per heavy atom. The van der Waals surface area contributed by atoms with Crippen molar-refractivity contribution in [3.8, 4) is 0 Å². The third kappa shape index (κ3) is 3.52. The van der Waals surface area contributed by atoms with Crippen molar-refractivity contribution in [2.45, 2.75) is 11.6 Å². The first-order valence-electron chi connectivity index (χ1n) is 5.64. The zero-order valence-corrected chi connectivity index (χ0v) is 11.0. The smallest absolute Gasteiger partial charge is 0.221 e. The molecule has 5 nitrogen and oxygen atoms in total. The molecule has 6 heteroatoms. The van der Waals surface area contributed by atoms with Gasteiger partial charge in [0.25, 0.3) is 0 Å². The molecule has 1 aromatic carbocycles. The lowest BCUT2D eigenvalue weighted by molar-refractivity contribution is 0.163. The van der Waals surface area contributed by atoms with Crippen molar-refractivity contribution >= 4 is 15.5 Å². The van der Waals surface area contributed by atoms with Crippen LogP contribution < -0.4 is 5.73 Å². The van der Waals surface area contributed by atoms with Crippen LogP contribution in [0.15, 0.2) is 53.7 Å². The van der Waals surface area contributed by atoms with E-state index in [9.17, 15) is 8.42 Å². The zero-order valence-electron chi connectivity index (χ0n) is 10.2. The highest BCUT2D eigenvalue weighted by Crippen LogP contribution is 2.16. The molecule has 0 unspecified atom stereocenters. The molecule has 0 aliphatic carbocycles. The first kappa shape index (κ1) is 13.5. The lowest BCUT2D eigenvalue weighted by Crippen LogP contribution is -2.13. The molecule has 100 valence electrons. The molecule has 0 fully saturated rings. The Labute approximate surface area is 112 Å². The number of hydrogen-bond donors (Lipinski definition) is 1. The highest BCUT2D eigenvalue weighted by Gasteiger charge is 2.19. The Balaban J connectivity index is 2.01. The van der Waals surface area contributed by atoms with Gasteiger partial charge >= 0.3 is 0 Å². The highest BCUT2D eigenvalue weighted by atomic mass is 32.2. The average Bonchev–Trinajstić information content (AvgIpc) is 2.40. The molecule has 0 aliphatic rings. The number of nitrogen functional groups attached to an aromatic ring is 1. The average molecular weight is 278 g/mol. The van der Waals surface area contributed by atoms with E-state index in [1.807, 2.05) is 30.3 Å². The molecule has 0 amide bonds. The van der Waals surface area contributed by atoms with Gasteiger partial charge in [0.15, 0.2) is 11.0 Å².